The molecule has 2 heterocycles. The molecule has 1 fully saturated rings. The number of carbonyl (C=O) groups excluding carboxylic acids is 1. The first-order chi connectivity index (χ1) is 20.2. The number of hydrogen-bond donors (Lipinski definition) is 3. The number of fused-ring (bicyclic) bond motifs is 1. The normalized spacial score (nSPS) is 15.5. The number of likely N-dealkylation sites (N-methyl/N-ethyl adjacent to an activating group) is 1. The van der Waals surface area contributed by atoms with Crippen LogP contribution in [0.3, 0.4) is 0 Å². The van der Waals surface area contributed by atoms with Crippen LogP contribution < -0.4 is 9.47 Å². The summed E-state index contributed by atoms with van der Waals surface area (Å²) in [7, 11) is -0.825. The Morgan fingerprint density at radius 2 is 1.95 bits per heavy atom. The van der Waals surface area contributed by atoms with Gasteiger partial charge < -0.3 is 29.3 Å². The number of carbonyl (C=O) groups is 1. The van der Waals surface area contributed by atoms with Gasteiger partial charge in [-0.1, -0.05) is 18.2 Å². The fraction of sp³-hybridized carbons (Fsp3) is 0.448. The number of ether oxygens (including phenoxy) is 3. The number of aliphatic hydroxyl groups is 2. The highest BCUT2D eigenvalue weighted by molar-refractivity contribution is 7.60. The molecule has 1 amide bonds. The zero-order valence-electron chi connectivity index (χ0n) is 23.8. The van der Waals surface area contributed by atoms with Gasteiger partial charge in [-0.3, -0.25) is 14.7 Å². The predicted octanol–water partition coefficient (Wildman–Crippen LogP) is 2.20. The first-order valence-electron chi connectivity index (χ1n) is 13.5. The third-order valence-corrected chi connectivity index (χ3v) is 6.80. The molecule has 3 aromatic rings. The number of rotatable bonds is 13. The van der Waals surface area contributed by atoms with Crippen LogP contribution in [0.25, 0.3) is 10.9 Å². The smallest absolute Gasteiger partial charge is 0.308 e. The number of hydrogen-bond acceptors (Lipinski definition) is 11. The molecule has 4 rings (SSSR count). The van der Waals surface area contributed by atoms with E-state index in [-0.39, 0.29) is 37.9 Å². The van der Waals surface area contributed by atoms with Crippen LogP contribution in [0.1, 0.15) is 23.6 Å². The SMILES string of the molecule is Cc1ccc(OCC(=O)N(C)C(CN2CC[C@H](O)C2)c2cccc(OCCOCCO)c2)c2cccnc12.N=S(=O)=O. The lowest BCUT2D eigenvalue weighted by Crippen LogP contribution is -2.41. The maximum atomic E-state index is 13.4. The molecule has 1 unspecified atom stereocenters. The number of aryl methyl sites for hydroxylation is 1. The van der Waals surface area contributed by atoms with E-state index in [4.69, 9.17) is 32.5 Å². The van der Waals surface area contributed by atoms with Gasteiger partial charge >= 0.3 is 10.5 Å². The molecule has 1 saturated heterocycles. The molecule has 0 bridgehead atoms. The van der Waals surface area contributed by atoms with Gasteiger partial charge in [-0.2, -0.15) is 13.2 Å². The van der Waals surface area contributed by atoms with Crippen molar-refractivity contribution in [3.05, 3.63) is 65.9 Å². The van der Waals surface area contributed by atoms with E-state index in [1.165, 1.54) is 0 Å². The fourth-order valence-electron chi connectivity index (χ4n) is 4.70. The Labute approximate surface area is 246 Å². The molecule has 0 aliphatic carbocycles. The van der Waals surface area contributed by atoms with Crippen LogP contribution in [0.2, 0.25) is 0 Å². The van der Waals surface area contributed by atoms with Gasteiger partial charge in [-0.05, 0) is 54.8 Å². The zero-order valence-corrected chi connectivity index (χ0v) is 24.6. The molecule has 2 aromatic carbocycles. The topological polar surface area (TPSA) is 163 Å². The van der Waals surface area contributed by atoms with Crippen molar-refractivity contribution in [3.63, 3.8) is 0 Å². The molecule has 2 atom stereocenters. The van der Waals surface area contributed by atoms with Crippen molar-refractivity contribution in [2.75, 3.05) is 59.7 Å². The Balaban J connectivity index is 0.00000114. The van der Waals surface area contributed by atoms with Gasteiger partial charge in [0.05, 0.1) is 37.5 Å². The summed E-state index contributed by atoms with van der Waals surface area (Å²) in [5, 5.41) is 19.8. The second-order valence-electron chi connectivity index (χ2n) is 9.78. The zero-order chi connectivity index (χ0) is 30.5. The van der Waals surface area contributed by atoms with Crippen molar-refractivity contribution in [1.29, 1.82) is 4.78 Å². The first kappa shape index (κ1) is 32.9. The fourth-order valence-corrected chi connectivity index (χ4v) is 4.70. The minimum atomic E-state index is -2.61. The van der Waals surface area contributed by atoms with Crippen molar-refractivity contribution in [2.24, 2.45) is 0 Å². The molecular formula is C29H38N4O8S. The Bertz CT molecular complexity index is 1420. The number of amides is 1. The number of nitrogens with one attached hydrogen (secondary N) is 1. The summed E-state index contributed by atoms with van der Waals surface area (Å²) in [6.45, 7) is 4.80. The Hall–Kier alpha value is -3.62. The molecule has 228 valence electrons. The van der Waals surface area contributed by atoms with Crippen LogP contribution in [0.5, 0.6) is 11.5 Å². The number of aliphatic hydroxyl groups excluding tert-OH is 2. The van der Waals surface area contributed by atoms with Crippen LogP contribution in [0.15, 0.2) is 54.7 Å². The average molecular weight is 603 g/mol. The molecule has 1 aliphatic rings. The van der Waals surface area contributed by atoms with Crippen LogP contribution in [-0.2, 0) is 20.0 Å². The molecule has 13 heteroatoms. The summed E-state index contributed by atoms with van der Waals surface area (Å²) < 4.78 is 39.9. The van der Waals surface area contributed by atoms with Gasteiger partial charge in [0.25, 0.3) is 5.91 Å². The quantitative estimate of drug-likeness (QED) is 0.247. The minimum Gasteiger partial charge on any atom is -0.491 e. The molecule has 0 radical (unpaired) electrons. The third kappa shape index (κ3) is 10.0. The van der Waals surface area contributed by atoms with E-state index in [9.17, 15) is 9.90 Å². The highest BCUT2D eigenvalue weighted by Gasteiger charge is 2.28. The first-order valence-corrected chi connectivity index (χ1v) is 14.6. The number of aromatic nitrogens is 1. The van der Waals surface area contributed by atoms with Crippen molar-refractivity contribution in [2.45, 2.75) is 25.5 Å². The maximum Gasteiger partial charge on any atom is 0.308 e. The van der Waals surface area contributed by atoms with E-state index in [0.717, 1.165) is 35.0 Å². The molecule has 0 saturated carbocycles. The largest absolute Gasteiger partial charge is 0.491 e. The van der Waals surface area contributed by atoms with Crippen molar-refractivity contribution in [1.82, 2.24) is 14.8 Å². The lowest BCUT2D eigenvalue weighted by atomic mass is 10.0. The van der Waals surface area contributed by atoms with Crippen LogP contribution >= 0.6 is 0 Å². The lowest BCUT2D eigenvalue weighted by molar-refractivity contribution is -0.134. The Morgan fingerprint density at radius 3 is 2.67 bits per heavy atom. The lowest BCUT2D eigenvalue weighted by Gasteiger charge is -2.32. The third-order valence-electron chi connectivity index (χ3n) is 6.80. The van der Waals surface area contributed by atoms with E-state index in [1.807, 2.05) is 55.5 Å². The second kappa shape index (κ2) is 16.7. The van der Waals surface area contributed by atoms with Crippen molar-refractivity contribution >= 4 is 27.3 Å². The summed E-state index contributed by atoms with van der Waals surface area (Å²) in [6, 6.07) is 15.1. The van der Waals surface area contributed by atoms with Crippen LogP contribution in [0, 0.1) is 11.7 Å². The summed E-state index contributed by atoms with van der Waals surface area (Å²) in [4.78, 5) is 21.7. The van der Waals surface area contributed by atoms with E-state index >= 15 is 0 Å². The van der Waals surface area contributed by atoms with E-state index < -0.39 is 10.5 Å². The summed E-state index contributed by atoms with van der Waals surface area (Å²) >= 11 is 0. The van der Waals surface area contributed by atoms with Gasteiger partial charge in [-0.25, -0.2) is 0 Å². The maximum absolute atomic E-state index is 13.4. The average Bonchev–Trinajstić information content (AvgIpc) is 3.39. The Kier molecular flexibility index (Phi) is 13.1. The standard InChI is InChI=1S/C29H37N3O6.HNO2S/c1-21-8-9-27(25-7-4-11-30-29(21)25)38-20-28(35)31(2)26(19-32-12-10-23(34)18-32)22-5-3-6-24(17-22)37-16-15-36-14-13-33;1-4(2)3/h3-9,11,17,23,26,33-34H,10,12-16,18-20H2,1-2H3;1H/t23-,26?;/m0./s1. The van der Waals surface area contributed by atoms with Gasteiger partial charge in [0.1, 0.15) is 18.1 Å². The van der Waals surface area contributed by atoms with E-state index in [0.29, 0.717) is 37.8 Å². The molecule has 1 aromatic heterocycles. The predicted molar refractivity (Wildman–Crippen MR) is 156 cm³/mol. The Morgan fingerprint density at radius 1 is 1.17 bits per heavy atom. The molecule has 1 aliphatic heterocycles. The van der Waals surface area contributed by atoms with Gasteiger partial charge in [0.2, 0.25) is 0 Å². The number of benzene rings is 2. The van der Waals surface area contributed by atoms with Crippen LogP contribution in [0.4, 0.5) is 0 Å². The van der Waals surface area contributed by atoms with Crippen molar-refractivity contribution in [3.8, 4) is 11.5 Å². The minimum absolute atomic E-state index is 0.0243. The number of β-amino-alcohol motifs (C(OH)–C–C–N with tert-alkyl or cyclic N) is 1. The van der Waals surface area contributed by atoms with Crippen LogP contribution in [-0.4, -0.2) is 105 Å². The van der Waals surface area contributed by atoms with Gasteiger partial charge in [0.15, 0.2) is 6.61 Å². The van der Waals surface area contributed by atoms with E-state index in [2.05, 4.69) is 9.88 Å². The molecule has 3 N–H and O–H groups in total. The second-order valence-corrected chi connectivity index (χ2v) is 10.3. The van der Waals surface area contributed by atoms with E-state index in [1.54, 1.807) is 18.1 Å². The summed E-state index contributed by atoms with van der Waals surface area (Å²) in [6.07, 6.45) is 2.12. The number of likely N-dealkylation sites (tertiary alicyclic amines) is 1. The number of nitrogens with zero attached hydrogens (tertiary/aromatic N) is 3. The monoisotopic (exact) mass is 602 g/mol. The summed E-state index contributed by atoms with van der Waals surface area (Å²) in [5.74, 6) is 1.15. The molecular weight excluding hydrogens is 564 g/mol. The van der Waals surface area contributed by atoms with Gasteiger partial charge in [0, 0.05) is 38.3 Å². The molecule has 42 heavy (non-hydrogen) atoms. The highest BCUT2D eigenvalue weighted by atomic mass is 32.2. The number of pyridine rings is 1. The molecule has 12 nitrogen and oxygen atoms in total. The summed E-state index contributed by atoms with van der Waals surface area (Å²) in [5.41, 5.74) is 2.84. The molecule has 0 spiro atoms. The van der Waals surface area contributed by atoms with Gasteiger partial charge in [-0.15, -0.1) is 0 Å². The highest BCUT2D eigenvalue weighted by Crippen LogP contribution is 2.28. The van der Waals surface area contributed by atoms with Crippen molar-refractivity contribution < 1.29 is 37.6 Å².